The van der Waals surface area contributed by atoms with Crippen molar-refractivity contribution >= 4 is 28.6 Å². The van der Waals surface area contributed by atoms with Crippen LogP contribution in [-0.2, 0) is 25.5 Å². The van der Waals surface area contributed by atoms with Gasteiger partial charge in [-0.1, -0.05) is 47.6 Å². The van der Waals surface area contributed by atoms with Gasteiger partial charge < -0.3 is 20.7 Å². The van der Waals surface area contributed by atoms with Crippen LogP contribution in [0.5, 0.6) is 0 Å². The van der Waals surface area contributed by atoms with Crippen LogP contribution in [0.2, 0.25) is 0 Å². The summed E-state index contributed by atoms with van der Waals surface area (Å²) in [6, 6.07) is 10.4. The van der Waals surface area contributed by atoms with Crippen molar-refractivity contribution in [1.82, 2.24) is 10.2 Å². The van der Waals surface area contributed by atoms with Gasteiger partial charge >= 0.3 is 5.97 Å². The van der Waals surface area contributed by atoms with Crippen molar-refractivity contribution in [3.63, 3.8) is 0 Å². The molecular weight excluding hydrogens is 412 g/mol. The molecule has 10 heteroatoms. The standard InChI is InChI=1S/C22H26N6O4/c1-13(23)21(30)28-12-17(26-27-24)11-19(28)20(29)25-18(22(31)32-2)10-14-7-8-15-5-3-4-6-16(15)9-14/h3-9,13,17-19H,10-12,23H2,1-2H3,(H,25,29)/t13-,17-,18-,19-/m0/s1. The number of nitrogens with two attached hydrogens (primary N) is 1. The van der Waals surface area contributed by atoms with E-state index in [-0.39, 0.29) is 19.4 Å². The monoisotopic (exact) mass is 438 g/mol. The minimum atomic E-state index is -0.945. The van der Waals surface area contributed by atoms with Crippen LogP contribution in [0.1, 0.15) is 18.9 Å². The Labute approximate surface area is 185 Å². The SMILES string of the molecule is COC(=O)[C@H](Cc1ccc2ccccc2c1)NC(=O)[C@@H]1C[C@H](N=[N+]=[N-])CN1C(=O)[C@H](C)N. The predicted octanol–water partition coefficient (Wildman–Crippen LogP) is 1.67. The van der Waals surface area contributed by atoms with Gasteiger partial charge in [0.25, 0.3) is 0 Å². The molecule has 168 valence electrons. The molecule has 2 amide bonds. The molecular formula is C22H26N6O4. The van der Waals surface area contributed by atoms with Crippen molar-refractivity contribution in [3.05, 3.63) is 58.5 Å². The van der Waals surface area contributed by atoms with Gasteiger partial charge in [0.2, 0.25) is 11.8 Å². The molecule has 0 aromatic heterocycles. The maximum absolute atomic E-state index is 13.1. The molecule has 0 saturated carbocycles. The molecule has 0 radical (unpaired) electrons. The summed E-state index contributed by atoms with van der Waals surface area (Å²) >= 11 is 0. The van der Waals surface area contributed by atoms with E-state index in [2.05, 4.69) is 15.3 Å². The van der Waals surface area contributed by atoms with Crippen LogP contribution in [0.4, 0.5) is 0 Å². The summed E-state index contributed by atoms with van der Waals surface area (Å²) in [4.78, 5) is 42.1. The summed E-state index contributed by atoms with van der Waals surface area (Å²) < 4.78 is 4.89. The lowest BCUT2D eigenvalue weighted by Crippen LogP contribution is -2.54. The van der Waals surface area contributed by atoms with Crippen LogP contribution in [0, 0.1) is 0 Å². The fourth-order valence-corrected chi connectivity index (χ4v) is 3.93. The molecule has 1 fully saturated rings. The molecule has 3 N–H and O–H groups in total. The highest BCUT2D eigenvalue weighted by atomic mass is 16.5. The first-order chi connectivity index (χ1) is 15.3. The smallest absolute Gasteiger partial charge is 0.328 e. The summed E-state index contributed by atoms with van der Waals surface area (Å²) in [6.45, 7) is 1.62. The fourth-order valence-electron chi connectivity index (χ4n) is 3.93. The van der Waals surface area contributed by atoms with E-state index in [0.29, 0.717) is 0 Å². The molecule has 3 rings (SSSR count). The van der Waals surface area contributed by atoms with Gasteiger partial charge in [-0.15, -0.1) is 0 Å². The zero-order valence-corrected chi connectivity index (χ0v) is 18.0. The fraction of sp³-hybridized carbons (Fsp3) is 0.409. The maximum atomic E-state index is 13.1. The van der Waals surface area contributed by atoms with E-state index >= 15 is 0 Å². The molecule has 10 nitrogen and oxygen atoms in total. The maximum Gasteiger partial charge on any atom is 0.328 e. The van der Waals surface area contributed by atoms with Crippen LogP contribution in [0.25, 0.3) is 21.2 Å². The van der Waals surface area contributed by atoms with Crippen molar-refractivity contribution in [2.24, 2.45) is 10.8 Å². The van der Waals surface area contributed by atoms with E-state index in [1.165, 1.54) is 18.9 Å². The molecule has 1 aliphatic heterocycles. The van der Waals surface area contributed by atoms with Crippen molar-refractivity contribution in [2.75, 3.05) is 13.7 Å². The van der Waals surface area contributed by atoms with Crippen LogP contribution in [0.3, 0.4) is 0 Å². The number of azide groups is 1. The number of ether oxygens (including phenoxy) is 1. The van der Waals surface area contributed by atoms with E-state index in [9.17, 15) is 14.4 Å². The lowest BCUT2D eigenvalue weighted by atomic mass is 10.0. The first-order valence-corrected chi connectivity index (χ1v) is 10.3. The van der Waals surface area contributed by atoms with Gasteiger partial charge in [0.05, 0.1) is 19.2 Å². The molecule has 0 bridgehead atoms. The Morgan fingerprint density at radius 1 is 1.28 bits per heavy atom. The normalized spacial score (nSPS) is 19.7. The Kier molecular flexibility index (Phi) is 7.29. The Balaban J connectivity index is 1.80. The molecule has 2 aromatic rings. The number of benzene rings is 2. The number of carbonyl (C=O) groups excluding carboxylic acids is 3. The van der Waals surface area contributed by atoms with Crippen LogP contribution < -0.4 is 11.1 Å². The highest BCUT2D eigenvalue weighted by Gasteiger charge is 2.41. The van der Waals surface area contributed by atoms with Gasteiger partial charge in [0.15, 0.2) is 0 Å². The second kappa shape index (κ2) is 10.1. The molecule has 0 aliphatic carbocycles. The number of likely N-dealkylation sites (tertiary alicyclic amines) is 1. The van der Waals surface area contributed by atoms with Gasteiger partial charge in [-0.2, -0.15) is 0 Å². The molecule has 1 aliphatic rings. The Hall–Kier alpha value is -3.62. The molecule has 1 heterocycles. The molecule has 32 heavy (non-hydrogen) atoms. The first-order valence-electron chi connectivity index (χ1n) is 10.3. The number of esters is 1. The average Bonchev–Trinajstić information content (AvgIpc) is 3.21. The Morgan fingerprint density at radius 3 is 2.66 bits per heavy atom. The number of hydrogen-bond donors (Lipinski definition) is 2. The van der Waals surface area contributed by atoms with Crippen LogP contribution in [-0.4, -0.2) is 60.5 Å². The van der Waals surface area contributed by atoms with Gasteiger partial charge in [0.1, 0.15) is 12.1 Å². The molecule has 2 aromatic carbocycles. The Bertz CT molecular complexity index is 1070. The lowest BCUT2D eigenvalue weighted by molar-refractivity contribution is -0.146. The summed E-state index contributed by atoms with van der Waals surface area (Å²) in [7, 11) is 1.25. The highest BCUT2D eigenvalue weighted by molar-refractivity contribution is 5.92. The first kappa shape index (κ1) is 23.1. The topological polar surface area (TPSA) is 150 Å². The second-order valence-electron chi connectivity index (χ2n) is 7.86. The van der Waals surface area contributed by atoms with Gasteiger partial charge in [-0.3, -0.25) is 9.59 Å². The van der Waals surface area contributed by atoms with E-state index in [1.807, 2.05) is 42.5 Å². The summed E-state index contributed by atoms with van der Waals surface area (Å²) in [5.74, 6) is -1.54. The van der Waals surface area contributed by atoms with E-state index in [1.54, 1.807) is 0 Å². The number of nitrogens with one attached hydrogen (secondary N) is 1. The van der Waals surface area contributed by atoms with Crippen molar-refractivity contribution < 1.29 is 19.1 Å². The number of hydrogen-bond acceptors (Lipinski definition) is 6. The largest absolute Gasteiger partial charge is 0.467 e. The number of rotatable bonds is 7. The van der Waals surface area contributed by atoms with E-state index in [4.69, 9.17) is 16.0 Å². The average molecular weight is 438 g/mol. The molecule has 0 unspecified atom stereocenters. The van der Waals surface area contributed by atoms with Crippen molar-refractivity contribution in [3.8, 4) is 0 Å². The third kappa shape index (κ3) is 5.16. The molecule has 4 atom stereocenters. The third-order valence-electron chi connectivity index (χ3n) is 5.53. The van der Waals surface area contributed by atoms with E-state index in [0.717, 1.165) is 16.3 Å². The summed E-state index contributed by atoms with van der Waals surface area (Å²) in [5.41, 5.74) is 15.3. The predicted molar refractivity (Wildman–Crippen MR) is 118 cm³/mol. The second-order valence-corrected chi connectivity index (χ2v) is 7.86. The summed E-state index contributed by atoms with van der Waals surface area (Å²) in [5, 5.41) is 8.44. The zero-order valence-electron chi connectivity index (χ0n) is 18.0. The summed E-state index contributed by atoms with van der Waals surface area (Å²) in [6.07, 6.45) is 0.370. The number of amides is 2. The van der Waals surface area contributed by atoms with E-state index < -0.39 is 42.0 Å². The Morgan fingerprint density at radius 2 is 2.00 bits per heavy atom. The number of nitrogens with zero attached hydrogens (tertiary/aromatic N) is 4. The van der Waals surface area contributed by atoms with Gasteiger partial charge in [-0.25, -0.2) is 4.79 Å². The van der Waals surface area contributed by atoms with Gasteiger partial charge in [0, 0.05) is 17.9 Å². The lowest BCUT2D eigenvalue weighted by Gasteiger charge is -2.27. The minimum absolute atomic E-state index is 0.0933. The number of fused-ring (bicyclic) bond motifs is 1. The molecule has 1 saturated heterocycles. The van der Waals surface area contributed by atoms with Crippen molar-refractivity contribution in [2.45, 2.75) is 43.9 Å². The quantitative estimate of drug-likeness (QED) is 0.292. The zero-order chi connectivity index (χ0) is 23.3. The minimum Gasteiger partial charge on any atom is -0.467 e. The third-order valence-corrected chi connectivity index (χ3v) is 5.53. The highest BCUT2D eigenvalue weighted by Crippen LogP contribution is 2.22. The molecule has 0 spiro atoms. The number of methoxy groups -OCH3 is 1. The number of carbonyl (C=O) groups is 3. The van der Waals surface area contributed by atoms with Crippen LogP contribution in [0.15, 0.2) is 47.6 Å². The van der Waals surface area contributed by atoms with Crippen molar-refractivity contribution in [1.29, 1.82) is 0 Å². The van der Waals surface area contributed by atoms with Gasteiger partial charge in [-0.05, 0) is 35.2 Å². The van der Waals surface area contributed by atoms with Crippen LogP contribution >= 0.6 is 0 Å².